The summed E-state index contributed by atoms with van der Waals surface area (Å²) in [6.45, 7) is 4.94. The zero-order valence-electron chi connectivity index (χ0n) is 18.0. The molecule has 2 N–H and O–H groups in total. The average molecular weight is 457 g/mol. The summed E-state index contributed by atoms with van der Waals surface area (Å²) in [6, 6.07) is 15.9. The summed E-state index contributed by atoms with van der Waals surface area (Å²) < 4.78 is 27.5. The van der Waals surface area contributed by atoms with E-state index < -0.39 is 15.9 Å². The molecule has 8 nitrogen and oxygen atoms in total. The summed E-state index contributed by atoms with van der Waals surface area (Å²) in [4.78, 5) is 26.5. The highest BCUT2D eigenvalue weighted by Crippen LogP contribution is 2.37. The van der Waals surface area contributed by atoms with Crippen LogP contribution in [0.1, 0.15) is 29.3 Å². The van der Waals surface area contributed by atoms with Crippen molar-refractivity contribution in [3.63, 3.8) is 0 Å². The van der Waals surface area contributed by atoms with Crippen molar-refractivity contribution in [1.82, 2.24) is 20.1 Å². The Morgan fingerprint density at radius 1 is 0.938 bits per heavy atom. The van der Waals surface area contributed by atoms with Crippen LogP contribution < -0.4 is 10.9 Å². The second kappa shape index (κ2) is 9.40. The van der Waals surface area contributed by atoms with Crippen LogP contribution in [0.4, 0.5) is 0 Å². The number of carbonyl (C=O) groups is 2. The largest absolute Gasteiger partial charge is 0.296 e. The lowest BCUT2D eigenvalue weighted by Crippen LogP contribution is -2.48. The highest BCUT2D eigenvalue weighted by molar-refractivity contribution is 7.89. The van der Waals surface area contributed by atoms with Crippen LogP contribution in [0.15, 0.2) is 59.5 Å². The smallest absolute Gasteiger partial charge is 0.269 e. The van der Waals surface area contributed by atoms with E-state index in [0.29, 0.717) is 32.1 Å². The fourth-order valence-electron chi connectivity index (χ4n) is 3.87. The van der Waals surface area contributed by atoms with E-state index in [2.05, 4.69) is 27.9 Å². The maximum Gasteiger partial charge on any atom is 0.269 e. The van der Waals surface area contributed by atoms with Gasteiger partial charge in [0.05, 0.1) is 4.90 Å². The molecule has 1 saturated heterocycles. The summed E-state index contributed by atoms with van der Waals surface area (Å²) >= 11 is 0. The van der Waals surface area contributed by atoms with Crippen LogP contribution in [0.5, 0.6) is 0 Å². The number of nitrogens with one attached hydrogen (secondary N) is 2. The molecule has 1 aliphatic heterocycles. The first-order chi connectivity index (χ1) is 15.3. The van der Waals surface area contributed by atoms with Crippen molar-refractivity contribution < 1.29 is 18.0 Å². The van der Waals surface area contributed by atoms with Crippen LogP contribution >= 0.6 is 0 Å². The maximum atomic E-state index is 13.0. The molecule has 170 valence electrons. The number of amides is 2. The minimum absolute atomic E-state index is 0.0454. The summed E-state index contributed by atoms with van der Waals surface area (Å²) in [7, 11) is -3.63. The van der Waals surface area contributed by atoms with Crippen molar-refractivity contribution in [3.8, 4) is 0 Å². The lowest BCUT2D eigenvalue weighted by atomic mass is 10.2. The van der Waals surface area contributed by atoms with Gasteiger partial charge in [0.1, 0.15) is 0 Å². The molecule has 4 rings (SSSR count). The number of carbonyl (C=O) groups excluding carboxylic acids is 2. The third-order valence-corrected chi connectivity index (χ3v) is 7.99. The van der Waals surface area contributed by atoms with E-state index in [1.165, 1.54) is 34.1 Å². The van der Waals surface area contributed by atoms with Gasteiger partial charge in [0.25, 0.3) is 5.91 Å². The highest BCUT2D eigenvalue weighted by atomic mass is 32.2. The first-order valence-corrected chi connectivity index (χ1v) is 12.3. The fraction of sp³-hybridized carbons (Fsp3) is 0.391. The molecule has 32 heavy (non-hydrogen) atoms. The first-order valence-electron chi connectivity index (χ1n) is 10.8. The lowest BCUT2D eigenvalue weighted by molar-refractivity contribution is -0.123. The van der Waals surface area contributed by atoms with Crippen LogP contribution in [-0.2, 0) is 21.4 Å². The van der Waals surface area contributed by atoms with Crippen LogP contribution in [-0.4, -0.2) is 55.6 Å². The summed E-state index contributed by atoms with van der Waals surface area (Å²) in [5.74, 6) is -0.380. The second-order valence-electron chi connectivity index (χ2n) is 8.45. The molecule has 2 aromatic carbocycles. The van der Waals surface area contributed by atoms with Crippen molar-refractivity contribution in [2.75, 3.05) is 26.2 Å². The molecule has 2 fully saturated rings. The molecule has 2 atom stereocenters. The molecule has 9 heteroatoms. The van der Waals surface area contributed by atoms with Gasteiger partial charge in [-0.05, 0) is 42.2 Å². The third kappa shape index (κ3) is 5.17. The minimum atomic E-state index is -3.63. The van der Waals surface area contributed by atoms with E-state index >= 15 is 0 Å². The normalized spacial score (nSPS) is 21.7. The van der Waals surface area contributed by atoms with Crippen molar-refractivity contribution >= 4 is 21.8 Å². The number of hydrazine groups is 1. The van der Waals surface area contributed by atoms with E-state index in [1.807, 2.05) is 25.1 Å². The van der Waals surface area contributed by atoms with Gasteiger partial charge in [0.15, 0.2) is 0 Å². The predicted octanol–water partition coefficient (Wildman–Crippen LogP) is 1.61. The van der Waals surface area contributed by atoms with Gasteiger partial charge < -0.3 is 0 Å². The number of hydrogen-bond donors (Lipinski definition) is 2. The quantitative estimate of drug-likeness (QED) is 0.644. The Hall–Kier alpha value is -2.75. The third-order valence-electron chi connectivity index (χ3n) is 6.08. The van der Waals surface area contributed by atoms with Crippen LogP contribution in [0, 0.1) is 11.8 Å². The van der Waals surface area contributed by atoms with Crippen molar-refractivity contribution in [2.45, 2.75) is 24.8 Å². The SMILES string of the molecule is CC1CC1C(=O)NNC(=O)c1ccc(S(=O)(=O)N2CCN(Cc3ccccc3)CC2)cc1. The fourth-order valence-corrected chi connectivity index (χ4v) is 5.29. The van der Waals surface area contributed by atoms with Gasteiger partial charge in [-0.2, -0.15) is 4.31 Å². The summed E-state index contributed by atoms with van der Waals surface area (Å²) in [5, 5.41) is 0. The number of hydrogen-bond acceptors (Lipinski definition) is 5. The molecule has 2 unspecified atom stereocenters. The first kappa shape index (κ1) is 22.4. The molecule has 0 spiro atoms. The topological polar surface area (TPSA) is 98.8 Å². The molecule has 1 heterocycles. The van der Waals surface area contributed by atoms with E-state index in [-0.39, 0.29) is 22.3 Å². The second-order valence-corrected chi connectivity index (χ2v) is 10.4. The van der Waals surface area contributed by atoms with Crippen LogP contribution in [0.3, 0.4) is 0 Å². The molecule has 0 bridgehead atoms. The molecule has 2 aliphatic rings. The van der Waals surface area contributed by atoms with Gasteiger partial charge in [-0.1, -0.05) is 37.3 Å². The Labute approximate surface area is 188 Å². The number of nitrogens with zero attached hydrogens (tertiary/aromatic N) is 2. The maximum absolute atomic E-state index is 13.0. The van der Waals surface area contributed by atoms with E-state index in [1.54, 1.807) is 0 Å². The summed E-state index contributed by atoms with van der Waals surface area (Å²) in [6.07, 6.45) is 0.828. The average Bonchev–Trinajstić information content (AvgIpc) is 3.55. The molecule has 0 aromatic heterocycles. The zero-order valence-corrected chi connectivity index (χ0v) is 18.8. The molecule has 0 radical (unpaired) electrons. The molecule has 2 amide bonds. The van der Waals surface area contributed by atoms with Gasteiger partial charge in [-0.15, -0.1) is 0 Å². The van der Waals surface area contributed by atoms with Crippen molar-refractivity contribution in [3.05, 3.63) is 65.7 Å². The standard InChI is InChI=1S/C23H28N4O4S/c1-17-15-21(17)23(29)25-24-22(28)19-7-9-20(10-8-19)32(30,31)27-13-11-26(12-14-27)16-18-5-3-2-4-6-18/h2-10,17,21H,11-16H2,1H3,(H,24,28)(H,25,29). The van der Waals surface area contributed by atoms with Gasteiger partial charge in [0, 0.05) is 44.2 Å². The van der Waals surface area contributed by atoms with Gasteiger partial charge in [-0.3, -0.25) is 25.3 Å². The Balaban J connectivity index is 1.31. The Bertz CT molecular complexity index is 1060. The molecular formula is C23H28N4O4S. The minimum Gasteiger partial charge on any atom is -0.296 e. The Morgan fingerprint density at radius 2 is 1.56 bits per heavy atom. The van der Waals surface area contributed by atoms with Gasteiger partial charge >= 0.3 is 0 Å². The van der Waals surface area contributed by atoms with E-state index in [0.717, 1.165) is 13.0 Å². The monoisotopic (exact) mass is 456 g/mol. The van der Waals surface area contributed by atoms with Crippen molar-refractivity contribution in [1.29, 1.82) is 0 Å². The zero-order chi connectivity index (χ0) is 22.7. The van der Waals surface area contributed by atoms with E-state index in [9.17, 15) is 18.0 Å². The Kier molecular flexibility index (Phi) is 6.59. The van der Waals surface area contributed by atoms with E-state index in [4.69, 9.17) is 0 Å². The molecule has 1 aliphatic carbocycles. The highest BCUT2D eigenvalue weighted by Gasteiger charge is 2.39. The number of piperazine rings is 1. The van der Waals surface area contributed by atoms with Gasteiger partial charge in [-0.25, -0.2) is 8.42 Å². The van der Waals surface area contributed by atoms with Crippen molar-refractivity contribution in [2.24, 2.45) is 11.8 Å². The Morgan fingerprint density at radius 3 is 2.16 bits per heavy atom. The van der Waals surface area contributed by atoms with Gasteiger partial charge in [0.2, 0.25) is 15.9 Å². The number of benzene rings is 2. The van der Waals surface area contributed by atoms with Crippen LogP contribution in [0.25, 0.3) is 0 Å². The number of rotatable bonds is 6. The predicted molar refractivity (Wildman–Crippen MR) is 120 cm³/mol. The number of sulfonamides is 1. The molecule has 2 aromatic rings. The molecule has 1 saturated carbocycles. The van der Waals surface area contributed by atoms with Crippen LogP contribution in [0.2, 0.25) is 0 Å². The lowest BCUT2D eigenvalue weighted by Gasteiger charge is -2.34. The summed E-state index contributed by atoms with van der Waals surface area (Å²) in [5.41, 5.74) is 6.29. The molecular weight excluding hydrogens is 428 g/mol.